The van der Waals surface area contributed by atoms with Crippen LogP contribution in [0.3, 0.4) is 0 Å². The van der Waals surface area contributed by atoms with Gasteiger partial charge < -0.3 is 14.0 Å². The molecule has 0 bridgehead atoms. The molecule has 0 N–H and O–H groups in total. The predicted octanol–water partition coefficient (Wildman–Crippen LogP) is 2.58. The highest BCUT2D eigenvalue weighted by molar-refractivity contribution is 6.07. The molecule has 0 atom stereocenters. The number of benzene rings is 1. The first kappa shape index (κ1) is 14.8. The van der Waals surface area contributed by atoms with Gasteiger partial charge in [0.2, 0.25) is 0 Å². The van der Waals surface area contributed by atoms with Gasteiger partial charge in [0.05, 0.1) is 29.7 Å². The van der Waals surface area contributed by atoms with Gasteiger partial charge >= 0.3 is 11.7 Å². The monoisotopic (exact) mass is 292 g/mol. The first-order valence-corrected chi connectivity index (χ1v) is 6.40. The average molecular weight is 292 g/mol. The fourth-order valence-electron chi connectivity index (χ4n) is 2.35. The van der Waals surface area contributed by atoms with E-state index in [1.807, 2.05) is 0 Å². The predicted molar refractivity (Wildman–Crippen MR) is 76.8 cm³/mol. The fraction of sp³-hybridized carbons (Fsp3) is 0.357. The van der Waals surface area contributed by atoms with E-state index in [0.717, 1.165) is 0 Å². The van der Waals surface area contributed by atoms with Gasteiger partial charge in [0.15, 0.2) is 5.75 Å². The number of carbonyl (C=O) groups is 1. The number of rotatable bonds is 4. The normalized spacial score (nSPS) is 10.7. The second-order valence-electron chi connectivity index (χ2n) is 4.54. The van der Waals surface area contributed by atoms with Crippen LogP contribution in [0, 0.1) is 17.0 Å². The number of ether oxygens (including phenoxy) is 2. The summed E-state index contributed by atoms with van der Waals surface area (Å²) >= 11 is 0. The first-order valence-electron chi connectivity index (χ1n) is 6.40. The molecule has 7 nitrogen and oxygen atoms in total. The minimum atomic E-state index is -0.509. The van der Waals surface area contributed by atoms with Crippen LogP contribution in [0.15, 0.2) is 12.1 Å². The molecule has 1 heterocycles. The molecular formula is C14H16N2O5. The van der Waals surface area contributed by atoms with E-state index in [1.165, 1.54) is 19.2 Å². The van der Waals surface area contributed by atoms with Gasteiger partial charge in [0.1, 0.15) is 0 Å². The van der Waals surface area contributed by atoms with Crippen LogP contribution in [0.2, 0.25) is 0 Å². The number of nitro groups is 1. The van der Waals surface area contributed by atoms with Gasteiger partial charge in [-0.1, -0.05) is 0 Å². The number of hydrogen-bond acceptors (Lipinski definition) is 5. The number of aryl methyl sites for hydroxylation is 1. The van der Waals surface area contributed by atoms with Crippen molar-refractivity contribution in [3.63, 3.8) is 0 Å². The molecular weight excluding hydrogens is 276 g/mol. The Morgan fingerprint density at radius 1 is 1.43 bits per heavy atom. The maximum Gasteiger partial charge on any atom is 0.340 e. The Kier molecular flexibility index (Phi) is 3.84. The highest BCUT2D eigenvalue weighted by Crippen LogP contribution is 2.35. The third-order valence-corrected chi connectivity index (χ3v) is 3.47. The van der Waals surface area contributed by atoms with Crippen molar-refractivity contribution < 1.29 is 19.2 Å². The second kappa shape index (κ2) is 5.43. The lowest BCUT2D eigenvalue weighted by molar-refractivity contribution is -0.385. The molecule has 0 saturated heterocycles. The smallest absolute Gasteiger partial charge is 0.340 e. The molecule has 0 aliphatic heterocycles. The lowest BCUT2D eigenvalue weighted by atomic mass is 10.1. The zero-order valence-corrected chi connectivity index (χ0v) is 12.3. The third kappa shape index (κ3) is 2.31. The molecule has 2 rings (SSSR count). The number of esters is 1. The molecule has 0 fully saturated rings. The first-order chi connectivity index (χ1) is 9.92. The van der Waals surface area contributed by atoms with Gasteiger partial charge in [-0.2, -0.15) is 0 Å². The SMILES string of the molecule is CCOC(=O)c1c(C)n(C)c2cc([N+](=O)[O-])c(OC)cc12. The van der Waals surface area contributed by atoms with Crippen molar-refractivity contribution in [1.29, 1.82) is 0 Å². The zero-order chi connectivity index (χ0) is 15.7. The number of methoxy groups -OCH3 is 1. The quantitative estimate of drug-likeness (QED) is 0.491. The van der Waals surface area contributed by atoms with Crippen LogP contribution in [-0.2, 0) is 11.8 Å². The van der Waals surface area contributed by atoms with Crippen LogP contribution < -0.4 is 4.74 Å². The highest BCUT2D eigenvalue weighted by Gasteiger charge is 2.24. The van der Waals surface area contributed by atoms with Crippen molar-refractivity contribution in [2.45, 2.75) is 13.8 Å². The number of hydrogen-bond donors (Lipinski definition) is 0. The van der Waals surface area contributed by atoms with E-state index in [2.05, 4.69) is 0 Å². The summed E-state index contributed by atoms with van der Waals surface area (Å²) in [5.74, 6) is -0.333. The summed E-state index contributed by atoms with van der Waals surface area (Å²) in [5.41, 5.74) is 1.54. The van der Waals surface area contributed by atoms with Crippen LogP contribution in [0.25, 0.3) is 10.9 Å². The number of nitro benzene ring substituents is 1. The molecule has 7 heteroatoms. The van der Waals surface area contributed by atoms with Crippen molar-refractivity contribution >= 4 is 22.6 Å². The van der Waals surface area contributed by atoms with Crippen molar-refractivity contribution in [1.82, 2.24) is 4.57 Å². The highest BCUT2D eigenvalue weighted by atomic mass is 16.6. The Balaban J connectivity index is 2.80. The number of fused-ring (bicyclic) bond motifs is 1. The van der Waals surface area contributed by atoms with Crippen molar-refractivity contribution in [2.24, 2.45) is 7.05 Å². The molecule has 0 aliphatic carbocycles. The number of carbonyl (C=O) groups excluding carboxylic acids is 1. The van der Waals surface area contributed by atoms with Crippen LogP contribution in [0.5, 0.6) is 5.75 Å². The molecule has 0 unspecified atom stereocenters. The summed E-state index contributed by atoms with van der Waals surface area (Å²) in [6, 6.07) is 2.91. The molecule has 1 aromatic heterocycles. The molecule has 112 valence electrons. The summed E-state index contributed by atoms with van der Waals surface area (Å²) in [6.07, 6.45) is 0. The van der Waals surface area contributed by atoms with Crippen molar-refractivity contribution in [3.8, 4) is 5.75 Å². The third-order valence-electron chi connectivity index (χ3n) is 3.47. The summed E-state index contributed by atoms with van der Waals surface area (Å²) in [5, 5.41) is 11.7. The van der Waals surface area contributed by atoms with Crippen LogP contribution >= 0.6 is 0 Å². The molecule has 0 saturated carbocycles. The molecule has 0 radical (unpaired) electrons. The van der Waals surface area contributed by atoms with Crippen LogP contribution in [0.1, 0.15) is 23.0 Å². The lowest BCUT2D eigenvalue weighted by Crippen LogP contribution is -2.06. The minimum absolute atomic E-state index is 0.114. The van der Waals surface area contributed by atoms with Gasteiger partial charge in [0.25, 0.3) is 0 Å². The average Bonchev–Trinajstić information content (AvgIpc) is 2.69. The Morgan fingerprint density at radius 2 is 2.10 bits per heavy atom. The molecule has 21 heavy (non-hydrogen) atoms. The van der Waals surface area contributed by atoms with E-state index in [0.29, 0.717) is 22.2 Å². The van der Waals surface area contributed by atoms with Gasteiger partial charge in [0, 0.05) is 24.2 Å². The molecule has 2 aromatic rings. The van der Waals surface area contributed by atoms with E-state index < -0.39 is 10.9 Å². The second-order valence-corrected chi connectivity index (χ2v) is 4.54. The summed E-state index contributed by atoms with van der Waals surface area (Å²) in [7, 11) is 3.10. The Labute approximate surface area is 121 Å². The number of aromatic nitrogens is 1. The van der Waals surface area contributed by atoms with Gasteiger partial charge in [-0.25, -0.2) is 4.79 Å². The Hall–Kier alpha value is -2.57. The summed E-state index contributed by atoms with van der Waals surface area (Å²) < 4.78 is 11.8. The zero-order valence-electron chi connectivity index (χ0n) is 12.3. The molecule has 1 aromatic carbocycles. The summed E-state index contributed by atoms with van der Waals surface area (Å²) in [4.78, 5) is 22.7. The maximum atomic E-state index is 12.1. The molecule has 0 spiro atoms. The minimum Gasteiger partial charge on any atom is -0.490 e. The largest absolute Gasteiger partial charge is 0.490 e. The van der Waals surface area contributed by atoms with Crippen molar-refractivity contribution in [3.05, 3.63) is 33.5 Å². The van der Waals surface area contributed by atoms with E-state index in [9.17, 15) is 14.9 Å². The Bertz CT molecular complexity index is 733. The van der Waals surface area contributed by atoms with Crippen molar-refractivity contribution in [2.75, 3.05) is 13.7 Å². The van der Waals surface area contributed by atoms with E-state index >= 15 is 0 Å². The topological polar surface area (TPSA) is 83.6 Å². The molecule has 0 amide bonds. The number of nitrogens with zero attached hydrogens (tertiary/aromatic N) is 2. The van der Waals surface area contributed by atoms with Crippen LogP contribution in [0.4, 0.5) is 5.69 Å². The lowest BCUT2D eigenvalue weighted by Gasteiger charge is -2.04. The van der Waals surface area contributed by atoms with E-state index in [1.54, 1.807) is 25.5 Å². The van der Waals surface area contributed by atoms with Crippen LogP contribution in [-0.4, -0.2) is 29.2 Å². The summed E-state index contributed by atoms with van der Waals surface area (Å²) in [6.45, 7) is 3.76. The van der Waals surface area contributed by atoms with Gasteiger partial charge in [-0.3, -0.25) is 10.1 Å². The fourth-order valence-corrected chi connectivity index (χ4v) is 2.35. The standard InChI is InChI=1S/C14H16N2O5/c1-5-21-14(17)13-8(2)15(3)10-7-11(16(18)19)12(20-4)6-9(10)13/h6-7H,5H2,1-4H3. The van der Waals surface area contributed by atoms with E-state index in [-0.39, 0.29) is 18.0 Å². The van der Waals surface area contributed by atoms with E-state index in [4.69, 9.17) is 9.47 Å². The Morgan fingerprint density at radius 3 is 2.62 bits per heavy atom. The maximum absolute atomic E-state index is 12.1. The molecule has 0 aliphatic rings. The van der Waals surface area contributed by atoms with Gasteiger partial charge in [-0.15, -0.1) is 0 Å². The van der Waals surface area contributed by atoms with Gasteiger partial charge in [-0.05, 0) is 19.9 Å².